The summed E-state index contributed by atoms with van der Waals surface area (Å²) in [7, 11) is 3.73. The molecule has 1 saturated heterocycles. The quantitative estimate of drug-likeness (QED) is 0.671. The van der Waals surface area contributed by atoms with Gasteiger partial charge in [-0.25, -0.2) is 0 Å². The van der Waals surface area contributed by atoms with Gasteiger partial charge in [-0.05, 0) is 13.5 Å². The van der Waals surface area contributed by atoms with Crippen molar-refractivity contribution in [1.29, 1.82) is 0 Å². The first kappa shape index (κ1) is 11.9. The number of hydrogen-bond acceptors (Lipinski definition) is 3. The molecule has 0 aromatic carbocycles. The Morgan fingerprint density at radius 2 is 2.08 bits per heavy atom. The summed E-state index contributed by atoms with van der Waals surface area (Å²) < 4.78 is 5.16. The fraction of sp³-hybridized carbons (Fsp3) is 1.00. The van der Waals surface area contributed by atoms with Crippen LogP contribution in [-0.4, -0.2) is 49.5 Å². The van der Waals surface area contributed by atoms with Gasteiger partial charge in [-0.2, -0.15) is 0 Å². The average molecular weight is 175 g/mol. The summed E-state index contributed by atoms with van der Waals surface area (Å²) in [6.07, 6.45) is 1.28. The molecule has 12 heavy (non-hydrogen) atoms. The van der Waals surface area contributed by atoms with Crippen LogP contribution in [0.5, 0.6) is 0 Å². The van der Waals surface area contributed by atoms with Gasteiger partial charge in [0.25, 0.3) is 0 Å². The smallest absolute Gasteiger partial charge is 0.0714 e. The number of likely N-dealkylation sites (N-methyl/N-ethyl adjacent to an activating group) is 1. The molecule has 74 valence electrons. The molecule has 3 nitrogen and oxygen atoms in total. The minimum Gasteiger partial charge on any atom is -0.395 e. The van der Waals surface area contributed by atoms with Crippen LogP contribution >= 0.6 is 0 Å². The lowest BCUT2D eigenvalue weighted by Gasteiger charge is -2.14. The van der Waals surface area contributed by atoms with E-state index in [1.54, 1.807) is 7.11 Å². The summed E-state index contributed by atoms with van der Waals surface area (Å²) in [5, 5.41) is 8.85. The van der Waals surface area contributed by atoms with E-state index in [9.17, 15) is 0 Å². The largest absolute Gasteiger partial charge is 0.395 e. The molecule has 0 amide bonds. The maximum atomic E-state index is 8.85. The molecular formula is C9H21NO2. The Kier molecular flexibility index (Phi) is 6.34. The summed E-state index contributed by atoms with van der Waals surface area (Å²) in [5.74, 6) is 0. The molecule has 1 N–H and O–H groups in total. The van der Waals surface area contributed by atoms with Crippen molar-refractivity contribution in [2.75, 3.05) is 27.3 Å². The third kappa shape index (κ3) is 3.09. The lowest BCUT2D eigenvalue weighted by molar-refractivity contribution is 0.111. The predicted molar refractivity (Wildman–Crippen MR) is 50.3 cm³/mol. The van der Waals surface area contributed by atoms with E-state index in [1.165, 1.54) is 0 Å². The summed E-state index contributed by atoms with van der Waals surface area (Å²) >= 11 is 0. The van der Waals surface area contributed by atoms with Crippen LogP contribution in [0.4, 0.5) is 0 Å². The normalized spacial score (nSPS) is 29.8. The lowest BCUT2D eigenvalue weighted by atomic mass is 10.2. The van der Waals surface area contributed by atoms with E-state index in [0.29, 0.717) is 12.1 Å². The highest BCUT2D eigenvalue weighted by molar-refractivity contribution is 4.82. The van der Waals surface area contributed by atoms with Crippen LogP contribution in [0.2, 0.25) is 0 Å². The first-order chi connectivity index (χ1) is 5.77. The molecule has 1 fully saturated rings. The third-order valence-electron chi connectivity index (χ3n) is 2.19. The van der Waals surface area contributed by atoms with E-state index in [0.717, 1.165) is 13.0 Å². The van der Waals surface area contributed by atoms with E-state index in [-0.39, 0.29) is 6.61 Å². The second-order valence-corrected chi connectivity index (χ2v) is 2.87. The number of methoxy groups -OCH3 is 1. The molecule has 0 bridgehead atoms. The minimum absolute atomic E-state index is 0.246. The van der Waals surface area contributed by atoms with Crippen molar-refractivity contribution in [2.24, 2.45) is 0 Å². The fourth-order valence-corrected chi connectivity index (χ4v) is 1.41. The Labute approximate surface area is 75.3 Å². The third-order valence-corrected chi connectivity index (χ3v) is 2.19. The van der Waals surface area contributed by atoms with Gasteiger partial charge in [0, 0.05) is 19.7 Å². The molecule has 0 aromatic rings. The van der Waals surface area contributed by atoms with Gasteiger partial charge in [-0.3, -0.25) is 4.90 Å². The monoisotopic (exact) mass is 175 g/mol. The Bertz CT molecular complexity index is 109. The van der Waals surface area contributed by atoms with Crippen LogP contribution in [0.1, 0.15) is 20.3 Å². The molecule has 0 spiro atoms. The van der Waals surface area contributed by atoms with E-state index in [2.05, 4.69) is 4.90 Å². The minimum atomic E-state index is 0.246. The van der Waals surface area contributed by atoms with Crippen LogP contribution in [0, 0.1) is 0 Å². The number of aliphatic hydroxyl groups is 1. The molecule has 2 atom stereocenters. The molecule has 1 aliphatic heterocycles. The summed E-state index contributed by atoms with van der Waals surface area (Å²) in [4.78, 5) is 2.13. The van der Waals surface area contributed by atoms with Crippen LogP contribution in [0.25, 0.3) is 0 Å². The second kappa shape index (κ2) is 6.40. The first-order valence-corrected chi connectivity index (χ1v) is 4.61. The van der Waals surface area contributed by atoms with Crippen molar-refractivity contribution in [1.82, 2.24) is 4.90 Å². The van der Waals surface area contributed by atoms with Crippen LogP contribution in [-0.2, 0) is 4.74 Å². The highest BCUT2D eigenvalue weighted by Gasteiger charge is 2.28. The van der Waals surface area contributed by atoms with Crippen LogP contribution in [0.3, 0.4) is 0 Å². The van der Waals surface area contributed by atoms with Crippen LogP contribution < -0.4 is 0 Å². The number of rotatable bonds is 2. The zero-order valence-electron chi connectivity index (χ0n) is 8.58. The lowest BCUT2D eigenvalue weighted by Crippen LogP contribution is -2.28. The standard InChI is InChI=1S/C7H15NO2.C2H6/c1-8-4-7(10-2)3-6(8)5-9;1-2/h6-7,9H,3-5H2,1-2H3;1-2H3/t6-,7+;/m0./s1. The zero-order chi connectivity index (χ0) is 9.56. The maximum absolute atomic E-state index is 8.85. The Morgan fingerprint density at radius 1 is 1.50 bits per heavy atom. The van der Waals surface area contributed by atoms with E-state index in [1.807, 2.05) is 20.9 Å². The topological polar surface area (TPSA) is 32.7 Å². The number of nitrogens with zero attached hydrogens (tertiary/aromatic N) is 1. The zero-order valence-corrected chi connectivity index (χ0v) is 8.58. The van der Waals surface area contributed by atoms with Gasteiger partial charge in [0.1, 0.15) is 0 Å². The van der Waals surface area contributed by atoms with Crippen molar-refractivity contribution in [2.45, 2.75) is 32.4 Å². The van der Waals surface area contributed by atoms with Gasteiger partial charge in [0.2, 0.25) is 0 Å². The Balaban J connectivity index is 0.000000561. The second-order valence-electron chi connectivity index (χ2n) is 2.87. The number of aliphatic hydroxyl groups excluding tert-OH is 1. The van der Waals surface area contributed by atoms with Crippen molar-refractivity contribution >= 4 is 0 Å². The van der Waals surface area contributed by atoms with Gasteiger partial charge >= 0.3 is 0 Å². The molecule has 0 saturated carbocycles. The molecule has 0 aromatic heterocycles. The molecular weight excluding hydrogens is 154 g/mol. The first-order valence-electron chi connectivity index (χ1n) is 4.61. The molecule has 1 aliphatic rings. The average Bonchev–Trinajstić information content (AvgIpc) is 2.49. The van der Waals surface area contributed by atoms with Gasteiger partial charge in [-0.1, -0.05) is 13.8 Å². The number of ether oxygens (including phenoxy) is 1. The van der Waals surface area contributed by atoms with Crippen molar-refractivity contribution in [3.05, 3.63) is 0 Å². The van der Waals surface area contributed by atoms with Gasteiger partial charge in [-0.15, -0.1) is 0 Å². The molecule has 1 heterocycles. The van der Waals surface area contributed by atoms with Gasteiger partial charge in [0.05, 0.1) is 12.7 Å². The van der Waals surface area contributed by atoms with Crippen molar-refractivity contribution in [3.63, 3.8) is 0 Å². The van der Waals surface area contributed by atoms with E-state index >= 15 is 0 Å². The molecule has 0 aliphatic carbocycles. The molecule has 0 unspecified atom stereocenters. The fourth-order valence-electron chi connectivity index (χ4n) is 1.41. The predicted octanol–water partition coefficient (Wildman–Crippen LogP) is 0.724. The Morgan fingerprint density at radius 3 is 2.33 bits per heavy atom. The van der Waals surface area contributed by atoms with E-state index in [4.69, 9.17) is 9.84 Å². The number of likely N-dealkylation sites (tertiary alicyclic amines) is 1. The highest BCUT2D eigenvalue weighted by atomic mass is 16.5. The van der Waals surface area contributed by atoms with Crippen molar-refractivity contribution < 1.29 is 9.84 Å². The summed E-state index contributed by atoms with van der Waals surface area (Å²) in [6.45, 7) is 5.19. The summed E-state index contributed by atoms with van der Waals surface area (Å²) in [6, 6.07) is 0.310. The van der Waals surface area contributed by atoms with Gasteiger partial charge < -0.3 is 9.84 Å². The maximum Gasteiger partial charge on any atom is 0.0714 e. The molecule has 1 rings (SSSR count). The molecule has 0 radical (unpaired) electrons. The summed E-state index contributed by atoms with van der Waals surface area (Å²) in [5.41, 5.74) is 0. The number of hydrogen-bond donors (Lipinski definition) is 1. The van der Waals surface area contributed by atoms with Crippen molar-refractivity contribution in [3.8, 4) is 0 Å². The van der Waals surface area contributed by atoms with E-state index < -0.39 is 0 Å². The van der Waals surface area contributed by atoms with Gasteiger partial charge in [0.15, 0.2) is 0 Å². The SMILES string of the molecule is CC.CO[C@@H]1C[C@@H](CO)N(C)C1. The molecule has 3 heteroatoms. The Hall–Kier alpha value is -0.120. The van der Waals surface area contributed by atoms with Crippen LogP contribution in [0.15, 0.2) is 0 Å². The highest BCUT2D eigenvalue weighted by Crippen LogP contribution is 2.16.